The molecule has 6 heteroatoms. The van der Waals surface area contributed by atoms with Crippen molar-refractivity contribution in [3.8, 4) is 0 Å². The Morgan fingerprint density at radius 1 is 1.45 bits per heavy atom. The fourth-order valence-corrected chi connectivity index (χ4v) is 3.46. The predicted octanol–water partition coefficient (Wildman–Crippen LogP) is 2.95. The Hall–Kier alpha value is -1.27. The minimum Gasteiger partial charge on any atom is -0.369 e. The first-order valence-corrected chi connectivity index (χ1v) is 9.12. The Balaban J connectivity index is 2.10. The number of benzene rings is 1. The molecule has 0 radical (unpaired) electrons. The monoisotopic (exact) mass is 382 g/mol. The van der Waals surface area contributed by atoms with Gasteiger partial charge in [0.1, 0.15) is 0 Å². The summed E-state index contributed by atoms with van der Waals surface area (Å²) in [5, 5.41) is 0. The minimum atomic E-state index is -0.331. The number of hydrogen-bond acceptors (Lipinski definition) is 3. The van der Waals surface area contributed by atoms with Crippen LogP contribution in [0.5, 0.6) is 0 Å². The van der Waals surface area contributed by atoms with Crippen LogP contribution < -0.4 is 5.73 Å². The molecule has 2 N–H and O–H groups in total. The number of primary amides is 1. The van der Waals surface area contributed by atoms with Crippen LogP contribution in [0.3, 0.4) is 0 Å². The fourth-order valence-electron chi connectivity index (χ4n) is 2.45. The molecule has 0 unspecified atom stereocenters. The van der Waals surface area contributed by atoms with Gasteiger partial charge in [0.25, 0.3) is 0 Å². The Bertz CT molecular complexity index is 604. The predicted molar refractivity (Wildman–Crippen MR) is 92.4 cm³/mol. The van der Waals surface area contributed by atoms with Gasteiger partial charge < -0.3 is 10.6 Å². The Morgan fingerprint density at radius 3 is 2.91 bits per heavy atom. The molecule has 1 heterocycles. The van der Waals surface area contributed by atoms with Gasteiger partial charge in [0.15, 0.2) is 0 Å². The number of halogens is 1. The Morgan fingerprint density at radius 2 is 2.23 bits per heavy atom. The van der Waals surface area contributed by atoms with Crippen LogP contribution >= 0.6 is 27.7 Å². The van der Waals surface area contributed by atoms with Gasteiger partial charge >= 0.3 is 0 Å². The van der Waals surface area contributed by atoms with Crippen molar-refractivity contribution >= 4 is 39.5 Å². The van der Waals surface area contributed by atoms with Gasteiger partial charge in [-0.05, 0) is 42.9 Å². The minimum absolute atomic E-state index is 0.0368. The molecular formula is C16H19BrN2O2S. The smallest absolute Gasteiger partial charge is 0.230 e. The molecule has 2 amide bonds. The number of nitrogens with zero attached hydrogens (tertiary/aromatic N) is 1. The highest BCUT2D eigenvalue weighted by molar-refractivity contribution is 9.10. The normalized spacial score (nSPS) is 18.1. The van der Waals surface area contributed by atoms with Crippen molar-refractivity contribution in [1.29, 1.82) is 0 Å². The zero-order valence-corrected chi connectivity index (χ0v) is 14.8. The summed E-state index contributed by atoms with van der Waals surface area (Å²) >= 11 is 5.08. The topological polar surface area (TPSA) is 63.4 Å². The first kappa shape index (κ1) is 17.1. The van der Waals surface area contributed by atoms with Gasteiger partial charge in [-0.25, -0.2) is 0 Å². The highest BCUT2D eigenvalue weighted by Gasteiger charge is 2.20. The number of amides is 2. The molecule has 0 saturated carbocycles. The average Bonchev–Trinajstić information content (AvgIpc) is 2.73. The summed E-state index contributed by atoms with van der Waals surface area (Å²) in [5.41, 5.74) is 6.34. The molecule has 0 bridgehead atoms. The van der Waals surface area contributed by atoms with E-state index in [1.165, 1.54) is 0 Å². The molecule has 1 aliphatic heterocycles. The van der Waals surface area contributed by atoms with E-state index < -0.39 is 0 Å². The van der Waals surface area contributed by atoms with Crippen LogP contribution in [0, 0.1) is 5.92 Å². The highest BCUT2D eigenvalue weighted by Crippen LogP contribution is 2.25. The second-order valence-electron chi connectivity index (χ2n) is 5.21. The van der Waals surface area contributed by atoms with Crippen LogP contribution in [0.1, 0.15) is 18.4 Å². The quantitative estimate of drug-likeness (QED) is 0.814. The molecule has 1 aromatic rings. The number of thioether (sulfide) groups is 1. The van der Waals surface area contributed by atoms with Crippen LogP contribution in [0.25, 0.3) is 0 Å². The number of hydrogen-bond donors (Lipinski definition) is 1. The molecule has 2 rings (SSSR count). The zero-order valence-electron chi connectivity index (χ0n) is 12.4. The second kappa shape index (κ2) is 7.83. The van der Waals surface area contributed by atoms with Crippen LogP contribution in [0.2, 0.25) is 0 Å². The van der Waals surface area contributed by atoms with E-state index in [-0.39, 0.29) is 17.7 Å². The van der Waals surface area contributed by atoms with E-state index in [1.54, 1.807) is 28.9 Å². The fraction of sp³-hybridized carbons (Fsp3) is 0.375. The molecule has 0 aliphatic carbocycles. The maximum atomic E-state index is 12.5. The van der Waals surface area contributed by atoms with Gasteiger partial charge in [-0.1, -0.05) is 22.0 Å². The van der Waals surface area contributed by atoms with E-state index in [2.05, 4.69) is 15.9 Å². The summed E-state index contributed by atoms with van der Waals surface area (Å²) in [6, 6.07) is 5.97. The molecule has 4 nitrogen and oxygen atoms in total. The molecule has 0 saturated heterocycles. The summed E-state index contributed by atoms with van der Waals surface area (Å²) in [7, 11) is 0. The Kier molecular flexibility index (Phi) is 6.08. The number of nitrogens with two attached hydrogens (primary N) is 1. The molecule has 1 aliphatic rings. The molecule has 0 fully saturated rings. The lowest BCUT2D eigenvalue weighted by Gasteiger charge is -2.17. The van der Waals surface area contributed by atoms with E-state index in [1.807, 2.05) is 24.5 Å². The third kappa shape index (κ3) is 4.36. The van der Waals surface area contributed by atoms with Crippen LogP contribution in [-0.4, -0.2) is 29.5 Å². The summed E-state index contributed by atoms with van der Waals surface area (Å²) in [6.45, 7) is 0.627. The number of rotatable bonds is 4. The maximum Gasteiger partial charge on any atom is 0.230 e. The maximum absolute atomic E-state index is 12.5. The van der Waals surface area contributed by atoms with Crippen molar-refractivity contribution in [1.82, 2.24) is 4.90 Å². The molecule has 1 atom stereocenters. The molecule has 0 aromatic heterocycles. The first-order valence-electron chi connectivity index (χ1n) is 7.11. The third-order valence-corrected chi connectivity index (χ3v) is 5.01. The first-order chi connectivity index (χ1) is 10.5. The van der Waals surface area contributed by atoms with Gasteiger partial charge in [0, 0.05) is 22.1 Å². The van der Waals surface area contributed by atoms with Crippen LogP contribution in [-0.2, 0) is 16.0 Å². The largest absolute Gasteiger partial charge is 0.369 e. The SMILES string of the molecule is CSc1ccc(Br)cc1CC(=O)N1C=C[C@@H](C(N)=O)CCC1. The zero-order chi connectivity index (χ0) is 16.1. The third-order valence-electron chi connectivity index (χ3n) is 3.68. The van der Waals surface area contributed by atoms with Crippen molar-refractivity contribution in [3.05, 3.63) is 40.5 Å². The van der Waals surface area contributed by atoms with Gasteiger partial charge in [-0.15, -0.1) is 11.8 Å². The number of carbonyl (C=O) groups is 2. The standard InChI is InChI=1S/C16H19BrN2O2S/c1-22-14-5-4-13(17)9-12(14)10-15(20)19-7-2-3-11(6-8-19)16(18)21/h4-6,8-9,11H,2-3,7,10H2,1H3,(H2,18,21)/t11-/m0/s1. The van der Waals surface area contributed by atoms with E-state index in [0.29, 0.717) is 19.4 Å². The van der Waals surface area contributed by atoms with Gasteiger partial charge in [0.05, 0.1) is 12.3 Å². The van der Waals surface area contributed by atoms with E-state index in [9.17, 15) is 9.59 Å². The van der Waals surface area contributed by atoms with Gasteiger partial charge in [0.2, 0.25) is 11.8 Å². The van der Waals surface area contributed by atoms with Crippen molar-refractivity contribution in [2.45, 2.75) is 24.2 Å². The summed E-state index contributed by atoms with van der Waals surface area (Å²) < 4.78 is 0.966. The highest BCUT2D eigenvalue weighted by atomic mass is 79.9. The Labute approximate surface area is 143 Å². The number of carbonyl (C=O) groups excluding carboxylic acids is 2. The average molecular weight is 383 g/mol. The van der Waals surface area contributed by atoms with E-state index >= 15 is 0 Å². The molecule has 118 valence electrons. The summed E-state index contributed by atoms with van der Waals surface area (Å²) in [5.74, 6) is -0.567. The lowest BCUT2D eigenvalue weighted by atomic mass is 10.0. The summed E-state index contributed by atoms with van der Waals surface area (Å²) in [6.07, 6.45) is 7.27. The van der Waals surface area contributed by atoms with Gasteiger partial charge in [-0.3, -0.25) is 9.59 Å². The summed E-state index contributed by atoms with van der Waals surface area (Å²) in [4.78, 5) is 26.6. The van der Waals surface area contributed by atoms with Crippen molar-refractivity contribution < 1.29 is 9.59 Å². The second-order valence-corrected chi connectivity index (χ2v) is 6.98. The van der Waals surface area contributed by atoms with Crippen LogP contribution in [0.15, 0.2) is 39.8 Å². The van der Waals surface area contributed by atoms with E-state index in [0.717, 1.165) is 21.4 Å². The van der Waals surface area contributed by atoms with Crippen LogP contribution in [0.4, 0.5) is 0 Å². The molecule has 1 aromatic carbocycles. The van der Waals surface area contributed by atoms with Crippen molar-refractivity contribution in [2.24, 2.45) is 11.7 Å². The molecule has 0 spiro atoms. The molecular weight excluding hydrogens is 364 g/mol. The van der Waals surface area contributed by atoms with Gasteiger partial charge in [-0.2, -0.15) is 0 Å². The van der Waals surface area contributed by atoms with E-state index in [4.69, 9.17) is 5.73 Å². The van der Waals surface area contributed by atoms with Crippen molar-refractivity contribution in [3.63, 3.8) is 0 Å². The lowest BCUT2D eigenvalue weighted by molar-refractivity contribution is -0.128. The molecule has 22 heavy (non-hydrogen) atoms. The lowest BCUT2D eigenvalue weighted by Crippen LogP contribution is -2.27. The van der Waals surface area contributed by atoms with Crippen molar-refractivity contribution in [2.75, 3.05) is 12.8 Å².